The molecule has 2 rings (SSSR count). The molecule has 8 heteroatoms. The van der Waals surface area contributed by atoms with Crippen LogP contribution in [0.4, 0.5) is 10.2 Å². The van der Waals surface area contributed by atoms with E-state index >= 15 is 0 Å². The van der Waals surface area contributed by atoms with Crippen molar-refractivity contribution in [2.75, 3.05) is 5.73 Å². The summed E-state index contributed by atoms with van der Waals surface area (Å²) in [4.78, 5) is 22.4. The van der Waals surface area contributed by atoms with Crippen LogP contribution in [0.15, 0.2) is 61.0 Å². The van der Waals surface area contributed by atoms with Gasteiger partial charge < -0.3 is 20.7 Å². The van der Waals surface area contributed by atoms with Gasteiger partial charge in [0.2, 0.25) is 0 Å². The van der Waals surface area contributed by atoms with Crippen molar-refractivity contribution in [3.8, 4) is 0 Å². The molecule has 2 aromatic rings. The highest BCUT2D eigenvalue weighted by atomic mass is 19.1. The number of anilines is 1. The molecule has 0 aliphatic carbocycles. The number of rotatable bonds is 11. The number of hydrogen-bond donors (Lipinski definition) is 3. The average molecular weight is 524 g/mol. The summed E-state index contributed by atoms with van der Waals surface area (Å²) in [6.07, 6.45) is 2.71. The molecule has 1 heterocycles. The van der Waals surface area contributed by atoms with E-state index in [-0.39, 0.29) is 41.2 Å². The molecule has 1 unspecified atom stereocenters. The number of aryl methyl sites for hydroxylation is 2. The van der Waals surface area contributed by atoms with Crippen LogP contribution in [0.1, 0.15) is 75.7 Å². The fourth-order valence-electron chi connectivity index (χ4n) is 4.52. The van der Waals surface area contributed by atoms with Gasteiger partial charge in [-0.15, -0.1) is 0 Å². The SMILES string of the molecule is C=C(c1nc(C)c(C(C)(C(=C)O/C=C(\C)CC(C)(C)/C(O)=C/O)C(=O)CC)c(N)n1)c1ccc(F)cc1C. The van der Waals surface area contributed by atoms with E-state index in [1.807, 2.05) is 0 Å². The molecular formula is C30H38FN3O4. The number of allylic oxidation sites excluding steroid dienone is 3. The summed E-state index contributed by atoms with van der Waals surface area (Å²) < 4.78 is 19.5. The van der Waals surface area contributed by atoms with Crippen LogP contribution in [0, 0.1) is 25.1 Å². The van der Waals surface area contributed by atoms with Gasteiger partial charge in [-0.05, 0) is 62.9 Å². The Morgan fingerprint density at radius 3 is 2.37 bits per heavy atom. The number of nitrogens with zero attached hydrogens (tertiary/aromatic N) is 2. The Hall–Kier alpha value is -3.94. The van der Waals surface area contributed by atoms with Crippen molar-refractivity contribution in [2.45, 2.75) is 66.7 Å². The van der Waals surface area contributed by atoms with Crippen molar-refractivity contribution in [2.24, 2.45) is 5.41 Å². The largest absolute Gasteiger partial charge is 0.512 e. The number of ketones is 1. The zero-order valence-electron chi connectivity index (χ0n) is 23.3. The minimum atomic E-state index is -1.35. The van der Waals surface area contributed by atoms with Gasteiger partial charge in [-0.25, -0.2) is 14.4 Å². The maximum atomic E-state index is 13.6. The Labute approximate surface area is 224 Å². The number of hydrogen-bond acceptors (Lipinski definition) is 7. The van der Waals surface area contributed by atoms with Gasteiger partial charge in [0.15, 0.2) is 11.6 Å². The molecule has 7 nitrogen and oxygen atoms in total. The van der Waals surface area contributed by atoms with Crippen molar-refractivity contribution in [1.82, 2.24) is 9.97 Å². The molecule has 1 aromatic carbocycles. The fraction of sp³-hybridized carbons (Fsp3) is 0.367. The topological polar surface area (TPSA) is 119 Å². The molecular weight excluding hydrogens is 485 g/mol. The number of Topliss-reactive ketones (excluding diaryl/α,β-unsaturated/α-hetero) is 1. The van der Waals surface area contributed by atoms with Gasteiger partial charge in [0.25, 0.3) is 0 Å². The number of nitrogens with two attached hydrogens (primary N) is 1. The number of nitrogen functional groups attached to an aromatic ring is 1. The van der Waals surface area contributed by atoms with Crippen molar-refractivity contribution in [3.05, 3.63) is 95.0 Å². The number of halogens is 1. The quantitative estimate of drug-likeness (QED) is 0.274. The van der Waals surface area contributed by atoms with E-state index in [0.29, 0.717) is 40.6 Å². The van der Waals surface area contributed by atoms with Crippen LogP contribution < -0.4 is 5.73 Å². The molecule has 204 valence electrons. The number of carbonyl (C=O) groups excluding carboxylic acids is 1. The van der Waals surface area contributed by atoms with Gasteiger partial charge in [0, 0.05) is 28.7 Å². The average Bonchev–Trinajstić information content (AvgIpc) is 2.84. The highest BCUT2D eigenvalue weighted by molar-refractivity contribution is 5.94. The molecule has 0 bridgehead atoms. The summed E-state index contributed by atoms with van der Waals surface area (Å²) in [5, 5.41) is 19.1. The highest BCUT2D eigenvalue weighted by Crippen LogP contribution is 2.40. The molecule has 4 N–H and O–H groups in total. The second kappa shape index (κ2) is 11.6. The van der Waals surface area contributed by atoms with Crippen LogP contribution in [-0.2, 0) is 14.9 Å². The Bertz CT molecular complexity index is 1300. The third kappa shape index (κ3) is 6.13. The van der Waals surface area contributed by atoms with Crippen molar-refractivity contribution in [1.29, 1.82) is 0 Å². The highest BCUT2D eigenvalue weighted by Gasteiger charge is 2.42. The second-order valence-corrected chi connectivity index (χ2v) is 10.3. The van der Waals surface area contributed by atoms with E-state index in [0.717, 1.165) is 5.57 Å². The van der Waals surface area contributed by atoms with Gasteiger partial charge in [-0.2, -0.15) is 0 Å². The van der Waals surface area contributed by atoms with Gasteiger partial charge in [0.05, 0.1) is 6.26 Å². The summed E-state index contributed by atoms with van der Waals surface area (Å²) in [7, 11) is 0. The van der Waals surface area contributed by atoms with Crippen LogP contribution >= 0.6 is 0 Å². The first kappa shape index (κ1) is 30.3. The number of carbonyl (C=O) groups is 1. The Kier molecular flexibility index (Phi) is 9.27. The predicted octanol–water partition coefficient (Wildman–Crippen LogP) is 6.92. The standard InChI is InChI=1S/C30H38FN3O4/c1-10-24(36)30(9,21(6)38-16-17(2)14-29(7,8)25(37)15-35)26-20(5)33-28(34-27(26)32)19(4)23-12-11-22(31)13-18(23)3/h11-13,15-16,35,37H,4,6,10,14H2,1-3,5,7-9H3,(H2,32,33,34)/b17-16+,25-15-. The predicted molar refractivity (Wildman–Crippen MR) is 149 cm³/mol. The minimum absolute atomic E-state index is 0.0855. The zero-order chi connectivity index (χ0) is 29.0. The number of benzene rings is 1. The van der Waals surface area contributed by atoms with E-state index in [4.69, 9.17) is 15.6 Å². The van der Waals surface area contributed by atoms with Gasteiger partial charge >= 0.3 is 0 Å². The van der Waals surface area contributed by atoms with Crippen LogP contribution in [0.25, 0.3) is 5.57 Å². The second-order valence-electron chi connectivity index (χ2n) is 10.3. The lowest BCUT2D eigenvalue weighted by Gasteiger charge is -2.31. The number of aromatic nitrogens is 2. The first-order chi connectivity index (χ1) is 17.6. The van der Waals surface area contributed by atoms with Crippen molar-refractivity contribution >= 4 is 17.2 Å². The van der Waals surface area contributed by atoms with E-state index in [1.54, 1.807) is 54.5 Å². The first-order valence-corrected chi connectivity index (χ1v) is 12.3. The van der Waals surface area contributed by atoms with E-state index in [2.05, 4.69) is 23.1 Å². The maximum Gasteiger partial charge on any atom is 0.161 e. The number of ether oxygens (including phenoxy) is 1. The van der Waals surface area contributed by atoms with Crippen LogP contribution in [0.3, 0.4) is 0 Å². The van der Waals surface area contributed by atoms with Crippen molar-refractivity contribution in [3.63, 3.8) is 0 Å². The molecule has 0 saturated heterocycles. The third-order valence-electron chi connectivity index (χ3n) is 6.78. The summed E-state index contributed by atoms with van der Waals surface area (Å²) in [5.74, 6) is -0.203. The van der Waals surface area contributed by atoms with Gasteiger partial charge in [-0.3, -0.25) is 4.79 Å². The monoisotopic (exact) mass is 523 g/mol. The Morgan fingerprint density at radius 1 is 1.21 bits per heavy atom. The molecule has 1 atom stereocenters. The van der Waals surface area contributed by atoms with Crippen molar-refractivity contribution < 1.29 is 24.1 Å². The summed E-state index contributed by atoms with van der Waals surface area (Å²) in [6, 6.07) is 4.36. The molecule has 0 saturated carbocycles. The smallest absolute Gasteiger partial charge is 0.161 e. The van der Waals surface area contributed by atoms with E-state index < -0.39 is 10.8 Å². The lowest BCUT2D eigenvalue weighted by molar-refractivity contribution is -0.123. The Morgan fingerprint density at radius 2 is 1.84 bits per heavy atom. The molecule has 0 radical (unpaired) electrons. The van der Waals surface area contributed by atoms with Crippen LogP contribution in [-0.4, -0.2) is 26.0 Å². The lowest BCUT2D eigenvalue weighted by atomic mass is 9.75. The first-order valence-electron chi connectivity index (χ1n) is 12.3. The van der Waals surface area contributed by atoms with Crippen LogP contribution in [0.5, 0.6) is 0 Å². The normalized spacial score (nSPS) is 14.1. The molecule has 1 aromatic heterocycles. The molecule has 0 fully saturated rings. The zero-order valence-corrected chi connectivity index (χ0v) is 23.3. The van der Waals surface area contributed by atoms with E-state index in [9.17, 15) is 14.3 Å². The minimum Gasteiger partial charge on any atom is -0.512 e. The summed E-state index contributed by atoms with van der Waals surface area (Å²) in [5.41, 5.74) is 7.79. The molecule has 0 spiro atoms. The number of aliphatic hydroxyl groups is 2. The molecule has 0 aliphatic rings. The Balaban J connectivity index is 2.49. The number of aliphatic hydroxyl groups excluding tert-OH is 2. The third-order valence-corrected chi connectivity index (χ3v) is 6.78. The molecule has 0 amide bonds. The van der Waals surface area contributed by atoms with Gasteiger partial charge in [0.1, 0.15) is 34.8 Å². The summed E-state index contributed by atoms with van der Waals surface area (Å²) in [6.45, 7) is 20.4. The van der Waals surface area contributed by atoms with E-state index in [1.165, 1.54) is 18.4 Å². The lowest BCUT2D eigenvalue weighted by Crippen LogP contribution is -2.37. The molecule has 0 aliphatic heterocycles. The maximum absolute atomic E-state index is 13.6. The summed E-state index contributed by atoms with van der Waals surface area (Å²) >= 11 is 0. The van der Waals surface area contributed by atoms with Crippen LogP contribution in [0.2, 0.25) is 0 Å². The molecule has 38 heavy (non-hydrogen) atoms. The van der Waals surface area contributed by atoms with Gasteiger partial charge in [-0.1, -0.05) is 40.0 Å². The fourth-order valence-corrected chi connectivity index (χ4v) is 4.52.